The summed E-state index contributed by atoms with van der Waals surface area (Å²) in [4.78, 5) is 22.9. The van der Waals surface area contributed by atoms with Gasteiger partial charge in [0.05, 0.1) is 4.47 Å². The summed E-state index contributed by atoms with van der Waals surface area (Å²) in [5.74, 6) is -2.36. The number of carboxylic acid groups (broad SMARTS) is 1. The lowest BCUT2D eigenvalue weighted by molar-refractivity contribution is -0.139. The molecule has 0 aliphatic carbocycles. The highest BCUT2D eigenvalue weighted by atomic mass is 79.9. The van der Waals surface area contributed by atoms with Crippen molar-refractivity contribution in [2.24, 2.45) is 0 Å². The van der Waals surface area contributed by atoms with Crippen molar-refractivity contribution in [3.8, 4) is 5.75 Å². The van der Waals surface area contributed by atoms with Crippen LogP contribution in [0.5, 0.6) is 5.75 Å². The molecule has 0 saturated heterocycles. The number of rotatable bonds is 4. The molecule has 0 fully saturated rings. The first kappa shape index (κ1) is 18.2. The van der Waals surface area contributed by atoms with E-state index in [1.54, 1.807) is 20.8 Å². The summed E-state index contributed by atoms with van der Waals surface area (Å²) in [6.45, 7) is 4.93. The van der Waals surface area contributed by atoms with E-state index >= 15 is 0 Å². The number of alkyl carbamates (subject to hydrolysis) is 1. The largest absolute Gasteiger partial charge is 0.508 e. The van der Waals surface area contributed by atoms with E-state index in [-0.39, 0.29) is 16.5 Å². The van der Waals surface area contributed by atoms with Gasteiger partial charge in [-0.1, -0.05) is 0 Å². The van der Waals surface area contributed by atoms with Gasteiger partial charge in [0.2, 0.25) is 0 Å². The molecule has 0 aliphatic rings. The van der Waals surface area contributed by atoms with Crippen molar-refractivity contribution in [2.75, 3.05) is 0 Å². The molecular formula is C14H17BrFNO5. The Kier molecular flexibility index (Phi) is 5.76. The van der Waals surface area contributed by atoms with Crippen molar-refractivity contribution in [1.29, 1.82) is 0 Å². The maximum atomic E-state index is 13.2. The van der Waals surface area contributed by atoms with Crippen molar-refractivity contribution in [3.63, 3.8) is 0 Å². The fourth-order valence-corrected chi connectivity index (χ4v) is 2.00. The van der Waals surface area contributed by atoms with E-state index in [0.717, 1.165) is 6.07 Å². The van der Waals surface area contributed by atoms with E-state index in [0.29, 0.717) is 0 Å². The van der Waals surface area contributed by atoms with Crippen molar-refractivity contribution in [2.45, 2.75) is 38.8 Å². The molecular weight excluding hydrogens is 361 g/mol. The van der Waals surface area contributed by atoms with Crippen molar-refractivity contribution in [1.82, 2.24) is 5.32 Å². The monoisotopic (exact) mass is 377 g/mol. The third kappa shape index (κ3) is 5.51. The number of phenols is 1. The highest BCUT2D eigenvalue weighted by molar-refractivity contribution is 9.10. The normalized spacial score (nSPS) is 12.6. The molecule has 22 heavy (non-hydrogen) atoms. The molecule has 0 aliphatic heterocycles. The molecule has 1 amide bonds. The van der Waals surface area contributed by atoms with E-state index in [1.807, 2.05) is 0 Å². The SMILES string of the molecule is CC(C)(C)OC(=O)NC(Cc1cc(Br)c(F)cc1O)C(=O)O. The molecule has 1 aromatic carbocycles. The summed E-state index contributed by atoms with van der Waals surface area (Å²) in [7, 11) is 0. The lowest BCUT2D eigenvalue weighted by atomic mass is 10.0. The fraction of sp³-hybridized carbons (Fsp3) is 0.429. The second kappa shape index (κ2) is 6.95. The maximum Gasteiger partial charge on any atom is 0.408 e. The number of hydrogen-bond acceptors (Lipinski definition) is 4. The zero-order valence-corrected chi connectivity index (χ0v) is 13.9. The molecule has 1 rings (SSSR count). The zero-order chi connectivity index (χ0) is 17.1. The number of carbonyl (C=O) groups excluding carboxylic acids is 1. The number of phenolic OH excluding ortho intramolecular Hbond substituents is 1. The Morgan fingerprint density at radius 2 is 2.00 bits per heavy atom. The van der Waals surface area contributed by atoms with Gasteiger partial charge in [-0.15, -0.1) is 0 Å². The minimum atomic E-state index is -1.32. The molecule has 0 heterocycles. The number of aliphatic carboxylic acids is 1. The third-order valence-electron chi connectivity index (χ3n) is 2.53. The van der Waals surface area contributed by atoms with Gasteiger partial charge in [0.25, 0.3) is 0 Å². The van der Waals surface area contributed by atoms with E-state index < -0.39 is 35.3 Å². The van der Waals surface area contributed by atoms with Crippen LogP contribution in [0, 0.1) is 5.82 Å². The van der Waals surface area contributed by atoms with Crippen LogP contribution in [0.4, 0.5) is 9.18 Å². The van der Waals surface area contributed by atoms with E-state index in [2.05, 4.69) is 21.2 Å². The molecule has 1 unspecified atom stereocenters. The first-order valence-electron chi connectivity index (χ1n) is 6.39. The smallest absolute Gasteiger partial charge is 0.408 e. The third-order valence-corrected chi connectivity index (χ3v) is 3.14. The van der Waals surface area contributed by atoms with Gasteiger partial charge in [-0.05, 0) is 48.3 Å². The van der Waals surface area contributed by atoms with Gasteiger partial charge in [-0.2, -0.15) is 0 Å². The molecule has 6 nitrogen and oxygen atoms in total. The molecule has 0 saturated carbocycles. The van der Waals surface area contributed by atoms with Gasteiger partial charge in [0.1, 0.15) is 23.2 Å². The second-order valence-corrected chi connectivity index (χ2v) is 6.49. The number of benzene rings is 1. The number of hydrogen-bond donors (Lipinski definition) is 3. The van der Waals surface area contributed by atoms with Crippen LogP contribution in [0.1, 0.15) is 26.3 Å². The summed E-state index contributed by atoms with van der Waals surface area (Å²) >= 11 is 2.95. The number of amides is 1. The van der Waals surface area contributed by atoms with Crippen molar-refractivity contribution >= 4 is 28.0 Å². The maximum absolute atomic E-state index is 13.2. The Labute approximate surface area is 135 Å². The Hall–Kier alpha value is -1.83. The molecule has 0 aromatic heterocycles. The van der Waals surface area contributed by atoms with Crippen LogP contribution in [0.25, 0.3) is 0 Å². The van der Waals surface area contributed by atoms with E-state index in [1.165, 1.54) is 6.07 Å². The molecule has 3 N–H and O–H groups in total. The van der Waals surface area contributed by atoms with E-state index in [4.69, 9.17) is 9.84 Å². The Balaban J connectivity index is 2.88. The van der Waals surface area contributed by atoms with Gasteiger partial charge in [0.15, 0.2) is 0 Å². The molecule has 0 spiro atoms. The van der Waals surface area contributed by atoms with Crippen LogP contribution in [0.2, 0.25) is 0 Å². The summed E-state index contributed by atoms with van der Waals surface area (Å²) in [6, 6.07) is 0.807. The van der Waals surface area contributed by atoms with Crippen LogP contribution in [-0.4, -0.2) is 33.9 Å². The summed E-state index contributed by atoms with van der Waals surface area (Å²) in [6.07, 6.45) is -1.11. The quantitative estimate of drug-likeness (QED) is 0.749. The lowest BCUT2D eigenvalue weighted by Crippen LogP contribution is -2.44. The summed E-state index contributed by atoms with van der Waals surface area (Å²) < 4.78 is 18.3. The standard InChI is InChI=1S/C14H17BrFNO5/c1-14(2,3)22-13(21)17-10(12(19)20)5-7-4-8(15)9(16)6-11(7)18/h4,6,10,18H,5H2,1-3H3,(H,17,21)(H,19,20). The Morgan fingerprint density at radius 1 is 1.41 bits per heavy atom. The fourth-order valence-electron chi connectivity index (χ4n) is 1.61. The number of carbonyl (C=O) groups is 2. The molecule has 122 valence electrons. The van der Waals surface area contributed by atoms with Crippen molar-refractivity contribution in [3.05, 3.63) is 28.0 Å². The average Bonchev–Trinajstić information content (AvgIpc) is 2.32. The summed E-state index contributed by atoms with van der Waals surface area (Å²) in [5.41, 5.74) is -0.592. The molecule has 1 aromatic rings. The first-order valence-corrected chi connectivity index (χ1v) is 7.18. The molecule has 0 bridgehead atoms. The first-order chi connectivity index (χ1) is 9.99. The minimum Gasteiger partial charge on any atom is -0.508 e. The zero-order valence-electron chi connectivity index (χ0n) is 12.3. The van der Waals surface area contributed by atoms with Crippen LogP contribution < -0.4 is 5.32 Å². The molecule has 1 atom stereocenters. The minimum absolute atomic E-state index is 0.0849. The topological polar surface area (TPSA) is 95.9 Å². The number of carboxylic acids is 1. The Bertz CT molecular complexity index is 585. The van der Waals surface area contributed by atoms with Gasteiger partial charge >= 0.3 is 12.1 Å². The van der Waals surface area contributed by atoms with Crippen LogP contribution in [-0.2, 0) is 16.0 Å². The van der Waals surface area contributed by atoms with Gasteiger partial charge in [-0.3, -0.25) is 0 Å². The van der Waals surface area contributed by atoms with Crippen molar-refractivity contribution < 1.29 is 28.9 Å². The number of ether oxygens (including phenoxy) is 1. The predicted molar refractivity (Wildman–Crippen MR) is 80.3 cm³/mol. The van der Waals surface area contributed by atoms with Gasteiger partial charge in [0, 0.05) is 12.5 Å². The second-order valence-electron chi connectivity index (χ2n) is 5.64. The van der Waals surface area contributed by atoms with Gasteiger partial charge < -0.3 is 20.3 Å². The Morgan fingerprint density at radius 3 is 2.50 bits per heavy atom. The highest BCUT2D eigenvalue weighted by Gasteiger charge is 2.25. The molecule has 0 radical (unpaired) electrons. The van der Waals surface area contributed by atoms with Gasteiger partial charge in [-0.25, -0.2) is 14.0 Å². The predicted octanol–water partition coefficient (Wildman–Crippen LogP) is 2.81. The van der Waals surface area contributed by atoms with Crippen LogP contribution in [0.15, 0.2) is 16.6 Å². The molecule has 8 heteroatoms. The highest BCUT2D eigenvalue weighted by Crippen LogP contribution is 2.26. The average molecular weight is 378 g/mol. The van der Waals surface area contributed by atoms with Crippen LogP contribution >= 0.6 is 15.9 Å². The van der Waals surface area contributed by atoms with Crippen LogP contribution in [0.3, 0.4) is 0 Å². The van der Waals surface area contributed by atoms with E-state index in [9.17, 15) is 19.1 Å². The number of aromatic hydroxyl groups is 1. The number of halogens is 2. The summed E-state index contributed by atoms with van der Waals surface area (Å²) in [5, 5.41) is 21.0. The lowest BCUT2D eigenvalue weighted by Gasteiger charge is -2.22. The number of nitrogens with one attached hydrogen (secondary N) is 1.